The minimum absolute atomic E-state index is 0.103. The molecule has 8 nitrogen and oxygen atoms in total. The maximum atomic E-state index is 12.5. The highest BCUT2D eigenvalue weighted by Crippen LogP contribution is 2.18. The first-order chi connectivity index (χ1) is 11.1. The van der Waals surface area contributed by atoms with Gasteiger partial charge in [-0.2, -0.15) is 15.2 Å². The van der Waals surface area contributed by atoms with E-state index in [0.717, 1.165) is 5.56 Å². The summed E-state index contributed by atoms with van der Waals surface area (Å²) >= 11 is 0. The number of aromatic nitrogens is 6. The van der Waals surface area contributed by atoms with Crippen molar-refractivity contribution in [1.82, 2.24) is 29.5 Å². The monoisotopic (exact) mass is 311 g/mol. The third kappa shape index (κ3) is 2.96. The van der Waals surface area contributed by atoms with Crippen LogP contribution in [0.1, 0.15) is 30.4 Å². The highest BCUT2D eigenvalue weighted by Gasteiger charge is 2.17. The number of rotatable bonds is 4. The van der Waals surface area contributed by atoms with Crippen molar-refractivity contribution < 1.29 is 4.79 Å². The standard InChI is InChI=1S/C15H17N7O/c1-10(2)22-15(17-9-18-22)19-14(23)13-8-12(20-21(13)3)11-4-6-16-7-5-11/h4-10H,1-3H3,(H,17,18,19,23). The van der Waals surface area contributed by atoms with Gasteiger partial charge in [0.15, 0.2) is 0 Å². The summed E-state index contributed by atoms with van der Waals surface area (Å²) < 4.78 is 3.19. The van der Waals surface area contributed by atoms with E-state index in [2.05, 4.69) is 25.5 Å². The average molecular weight is 311 g/mol. The van der Waals surface area contributed by atoms with Crippen LogP contribution in [0.4, 0.5) is 5.95 Å². The Balaban J connectivity index is 1.86. The van der Waals surface area contributed by atoms with E-state index < -0.39 is 0 Å². The van der Waals surface area contributed by atoms with Crippen LogP contribution in [0.2, 0.25) is 0 Å². The van der Waals surface area contributed by atoms with Crippen molar-refractivity contribution >= 4 is 11.9 Å². The third-order valence-corrected chi connectivity index (χ3v) is 3.38. The molecule has 1 N–H and O–H groups in total. The van der Waals surface area contributed by atoms with E-state index >= 15 is 0 Å². The molecule has 0 saturated heterocycles. The first kappa shape index (κ1) is 14.9. The number of nitrogens with one attached hydrogen (secondary N) is 1. The van der Waals surface area contributed by atoms with Crippen LogP contribution in [-0.2, 0) is 7.05 Å². The first-order valence-corrected chi connectivity index (χ1v) is 7.21. The molecule has 0 fully saturated rings. The molecule has 0 aliphatic carbocycles. The maximum absolute atomic E-state index is 12.5. The average Bonchev–Trinajstić information content (AvgIpc) is 3.14. The van der Waals surface area contributed by atoms with Gasteiger partial charge in [-0.3, -0.25) is 19.8 Å². The van der Waals surface area contributed by atoms with Crippen LogP contribution in [0.25, 0.3) is 11.3 Å². The third-order valence-electron chi connectivity index (χ3n) is 3.38. The Morgan fingerprint density at radius 2 is 2.00 bits per heavy atom. The molecule has 0 unspecified atom stereocenters. The summed E-state index contributed by atoms with van der Waals surface area (Å²) in [6.07, 6.45) is 4.80. The molecule has 0 atom stereocenters. The number of aryl methyl sites for hydroxylation is 1. The molecule has 0 aromatic carbocycles. The second kappa shape index (κ2) is 5.99. The van der Waals surface area contributed by atoms with Gasteiger partial charge in [-0.1, -0.05) is 0 Å². The number of carbonyl (C=O) groups excluding carboxylic acids is 1. The number of pyridine rings is 1. The predicted molar refractivity (Wildman–Crippen MR) is 84.8 cm³/mol. The lowest BCUT2D eigenvalue weighted by atomic mass is 10.2. The van der Waals surface area contributed by atoms with E-state index in [-0.39, 0.29) is 11.9 Å². The van der Waals surface area contributed by atoms with Crippen molar-refractivity contribution in [3.8, 4) is 11.3 Å². The van der Waals surface area contributed by atoms with Gasteiger partial charge in [0.05, 0.1) is 11.7 Å². The number of amides is 1. The molecule has 118 valence electrons. The fourth-order valence-corrected chi connectivity index (χ4v) is 2.23. The molecule has 0 aliphatic rings. The lowest BCUT2D eigenvalue weighted by molar-refractivity contribution is 0.101. The Labute approximate surface area is 133 Å². The Hall–Kier alpha value is -3.03. The lowest BCUT2D eigenvalue weighted by Gasteiger charge is -2.09. The van der Waals surface area contributed by atoms with Gasteiger partial charge < -0.3 is 0 Å². The van der Waals surface area contributed by atoms with Crippen molar-refractivity contribution in [2.75, 3.05) is 5.32 Å². The Morgan fingerprint density at radius 3 is 2.70 bits per heavy atom. The second-order valence-corrected chi connectivity index (χ2v) is 5.35. The van der Waals surface area contributed by atoms with E-state index in [4.69, 9.17) is 0 Å². The molecule has 3 heterocycles. The van der Waals surface area contributed by atoms with E-state index in [1.54, 1.807) is 34.9 Å². The van der Waals surface area contributed by atoms with E-state index in [9.17, 15) is 4.79 Å². The highest BCUT2D eigenvalue weighted by atomic mass is 16.2. The molecule has 23 heavy (non-hydrogen) atoms. The van der Waals surface area contributed by atoms with E-state index in [1.807, 2.05) is 26.0 Å². The number of anilines is 1. The van der Waals surface area contributed by atoms with Crippen LogP contribution in [-0.4, -0.2) is 35.4 Å². The van der Waals surface area contributed by atoms with Crippen molar-refractivity contribution in [2.24, 2.45) is 7.05 Å². The molecular formula is C15H17N7O. The molecule has 8 heteroatoms. The van der Waals surface area contributed by atoms with E-state index in [0.29, 0.717) is 17.3 Å². The van der Waals surface area contributed by atoms with Gasteiger partial charge >= 0.3 is 0 Å². The number of hydrogen-bond donors (Lipinski definition) is 1. The minimum atomic E-state index is -0.282. The molecule has 3 aromatic rings. The van der Waals surface area contributed by atoms with Gasteiger partial charge in [0.25, 0.3) is 5.91 Å². The van der Waals surface area contributed by atoms with Crippen molar-refractivity contribution in [2.45, 2.75) is 19.9 Å². The SMILES string of the molecule is CC(C)n1ncnc1NC(=O)c1cc(-c2ccncc2)nn1C. The van der Waals surface area contributed by atoms with E-state index in [1.165, 1.54) is 6.33 Å². The summed E-state index contributed by atoms with van der Waals surface area (Å²) in [6.45, 7) is 3.94. The van der Waals surface area contributed by atoms with Crippen molar-refractivity contribution in [3.63, 3.8) is 0 Å². The lowest BCUT2D eigenvalue weighted by Crippen LogP contribution is -2.20. The van der Waals surface area contributed by atoms with Crippen LogP contribution in [0.15, 0.2) is 36.9 Å². The van der Waals surface area contributed by atoms with Crippen LogP contribution < -0.4 is 5.32 Å². The minimum Gasteiger partial charge on any atom is -0.289 e. The molecule has 0 spiro atoms. The predicted octanol–water partition coefficient (Wildman–Crippen LogP) is 1.91. The van der Waals surface area contributed by atoms with Crippen LogP contribution >= 0.6 is 0 Å². The molecule has 0 radical (unpaired) electrons. The Kier molecular flexibility index (Phi) is 3.88. The first-order valence-electron chi connectivity index (χ1n) is 7.21. The van der Waals surface area contributed by atoms with Gasteiger partial charge in [-0.25, -0.2) is 4.68 Å². The zero-order chi connectivity index (χ0) is 16.4. The number of carbonyl (C=O) groups is 1. The van der Waals surface area contributed by atoms with Gasteiger partial charge in [-0.15, -0.1) is 0 Å². The zero-order valence-electron chi connectivity index (χ0n) is 13.1. The summed E-state index contributed by atoms with van der Waals surface area (Å²) in [5, 5.41) is 11.2. The van der Waals surface area contributed by atoms with Crippen molar-refractivity contribution in [1.29, 1.82) is 0 Å². The highest BCUT2D eigenvalue weighted by molar-refractivity contribution is 6.02. The topological polar surface area (TPSA) is 90.5 Å². The largest absolute Gasteiger partial charge is 0.289 e. The Bertz CT molecular complexity index is 819. The molecule has 0 saturated carbocycles. The Morgan fingerprint density at radius 1 is 1.26 bits per heavy atom. The van der Waals surface area contributed by atoms with Gasteiger partial charge in [0.1, 0.15) is 12.0 Å². The molecule has 3 rings (SSSR count). The fourth-order valence-electron chi connectivity index (χ4n) is 2.23. The normalized spacial score (nSPS) is 11.0. The maximum Gasteiger partial charge on any atom is 0.276 e. The molecule has 1 amide bonds. The summed E-state index contributed by atoms with van der Waals surface area (Å²) in [6, 6.07) is 5.53. The number of hydrogen-bond acceptors (Lipinski definition) is 5. The molecular weight excluding hydrogens is 294 g/mol. The molecule has 0 aliphatic heterocycles. The summed E-state index contributed by atoms with van der Waals surface area (Å²) in [5.74, 6) is 0.131. The molecule has 0 bridgehead atoms. The van der Waals surface area contributed by atoms with Crippen LogP contribution in [0, 0.1) is 0 Å². The summed E-state index contributed by atoms with van der Waals surface area (Å²) in [7, 11) is 1.73. The van der Waals surface area contributed by atoms with Crippen LogP contribution in [0.3, 0.4) is 0 Å². The number of nitrogens with zero attached hydrogens (tertiary/aromatic N) is 6. The smallest absolute Gasteiger partial charge is 0.276 e. The van der Waals surface area contributed by atoms with Crippen LogP contribution in [0.5, 0.6) is 0 Å². The quantitative estimate of drug-likeness (QED) is 0.794. The summed E-state index contributed by atoms with van der Waals surface area (Å²) in [5.41, 5.74) is 2.06. The molecule has 3 aromatic heterocycles. The fraction of sp³-hybridized carbons (Fsp3) is 0.267. The van der Waals surface area contributed by atoms with Gasteiger partial charge in [0.2, 0.25) is 5.95 Å². The zero-order valence-corrected chi connectivity index (χ0v) is 13.1. The van der Waals surface area contributed by atoms with Gasteiger partial charge in [0, 0.05) is 25.0 Å². The van der Waals surface area contributed by atoms with Gasteiger partial charge in [-0.05, 0) is 32.0 Å². The van der Waals surface area contributed by atoms with Crippen molar-refractivity contribution in [3.05, 3.63) is 42.6 Å². The summed E-state index contributed by atoms with van der Waals surface area (Å²) in [4.78, 5) is 20.5. The second-order valence-electron chi connectivity index (χ2n) is 5.35.